The van der Waals surface area contributed by atoms with Crippen LogP contribution < -0.4 is 15.0 Å². The minimum atomic E-state index is -1.08. The van der Waals surface area contributed by atoms with E-state index in [-0.39, 0.29) is 0 Å². The summed E-state index contributed by atoms with van der Waals surface area (Å²) in [6.45, 7) is 2.90. The highest BCUT2D eigenvalue weighted by Crippen LogP contribution is 2.31. The average molecular weight is 412 g/mol. The molecule has 1 aromatic carbocycles. The van der Waals surface area contributed by atoms with Crippen LogP contribution in [0.1, 0.15) is 11.8 Å². The van der Waals surface area contributed by atoms with Gasteiger partial charge in [0.05, 0.1) is 20.5 Å². The van der Waals surface area contributed by atoms with Crippen molar-refractivity contribution in [3.63, 3.8) is 0 Å². The predicted molar refractivity (Wildman–Crippen MR) is 109 cm³/mol. The van der Waals surface area contributed by atoms with Crippen molar-refractivity contribution in [3.8, 4) is 5.75 Å². The van der Waals surface area contributed by atoms with Gasteiger partial charge in [-0.2, -0.15) is 0 Å². The lowest BCUT2D eigenvalue weighted by molar-refractivity contribution is -0.151. The minimum Gasteiger partial charge on any atom is -0.497 e. The SMILES string of the molecule is COC(=O)C1C(=O)NC(N2CCN(c3ccc(OC)cc3)CC2)=NC1c1ccco1. The first-order chi connectivity index (χ1) is 14.6. The van der Waals surface area contributed by atoms with Crippen LogP contribution in [-0.2, 0) is 14.3 Å². The Morgan fingerprint density at radius 3 is 2.40 bits per heavy atom. The van der Waals surface area contributed by atoms with Crippen molar-refractivity contribution in [1.29, 1.82) is 0 Å². The number of amides is 1. The molecule has 0 radical (unpaired) electrons. The number of benzene rings is 1. The highest BCUT2D eigenvalue weighted by molar-refractivity contribution is 6.08. The van der Waals surface area contributed by atoms with Gasteiger partial charge in [0, 0.05) is 31.9 Å². The molecular weight excluding hydrogens is 388 g/mol. The Hall–Kier alpha value is -3.49. The fraction of sp³-hybridized carbons (Fsp3) is 0.381. The van der Waals surface area contributed by atoms with Crippen LogP contribution in [0.5, 0.6) is 5.75 Å². The lowest BCUT2D eigenvalue weighted by Crippen LogP contribution is -2.57. The molecule has 2 aliphatic heterocycles. The van der Waals surface area contributed by atoms with Crippen molar-refractivity contribution in [2.45, 2.75) is 6.04 Å². The van der Waals surface area contributed by atoms with Gasteiger partial charge < -0.3 is 23.7 Å². The first kappa shape index (κ1) is 19.8. The number of furan rings is 1. The predicted octanol–water partition coefficient (Wildman–Crippen LogP) is 1.43. The normalized spacial score (nSPS) is 21.7. The number of carbonyl (C=O) groups is 2. The second kappa shape index (κ2) is 8.48. The topological polar surface area (TPSA) is 96.6 Å². The zero-order valence-electron chi connectivity index (χ0n) is 16.9. The zero-order chi connectivity index (χ0) is 21.1. The van der Waals surface area contributed by atoms with Gasteiger partial charge in [0.15, 0.2) is 5.92 Å². The Kier molecular flexibility index (Phi) is 5.60. The van der Waals surface area contributed by atoms with Gasteiger partial charge in [-0.15, -0.1) is 0 Å². The minimum absolute atomic E-state index is 0.439. The fourth-order valence-electron chi connectivity index (χ4n) is 3.75. The van der Waals surface area contributed by atoms with E-state index in [0.29, 0.717) is 24.8 Å². The molecule has 0 aliphatic carbocycles. The number of piperazine rings is 1. The second-order valence-electron chi connectivity index (χ2n) is 7.08. The molecule has 9 nitrogen and oxygen atoms in total. The highest BCUT2D eigenvalue weighted by atomic mass is 16.5. The van der Waals surface area contributed by atoms with Crippen molar-refractivity contribution in [2.75, 3.05) is 45.3 Å². The number of hydrogen-bond donors (Lipinski definition) is 1. The third-order valence-corrected chi connectivity index (χ3v) is 5.40. The van der Waals surface area contributed by atoms with E-state index in [0.717, 1.165) is 24.5 Å². The summed E-state index contributed by atoms with van der Waals surface area (Å²) in [5.41, 5.74) is 1.12. The summed E-state index contributed by atoms with van der Waals surface area (Å²) in [7, 11) is 2.90. The number of nitrogens with zero attached hydrogens (tertiary/aromatic N) is 3. The number of nitrogens with one attached hydrogen (secondary N) is 1. The van der Waals surface area contributed by atoms with Crippen LogP contribution in [0, 0.1) is 5.92 Å². The molecule has 2 unspecified atom stereocenters. The monoisotopic (exact) mass is 412 g/mol. The molecular formula is C21H24N4O5. The van der Waals surface area contributed by atoms with Gasteiger partial charge in [-0.05, 0) is 36.4 Å². The van der Waals surface area contributed by atoms with Crippen LogP contribution >= 0.6 is 0 Å². The summed E-state index contributed by atoms with van der Waals surface area (Å²) < 4.78 is 15.5. The van der Waals surface area contributed by atoms with E-state index in [1.54, 1.807) is 19.2 Å². The molecule has 30 heavy (non-hydrogen) atoms. The molecule has 1 aromatic heterocycles. The van der Waals surface area contributed by atoms with E-state index >= 15 is 0 Å². The van der Waals surface area contributed by atoms with Gasteiger partial charge >= 0.3 is 5.97 Å². The van der Waals surface area contributed by atoms with Crippen molar-refractivity contribution in [3.05, 3.63) is 48.4 Å². The quantitative estimate of drug-likeness (QED) is 0.599. The molecule has 1 fully saturated rings. The maximum absolute atomic E-state index is 12.7. The Labute approximate surface area is 174 Å². The highest BCUT2D eigenvalue weighted by Gasteiger charge is 2.43. The first-order valence-corrected chi connectivity index (χ1v) is 9.74. The number of hydrogen-bond acceptors (Lipinski definition) is 8. The van der Waals surface area contributed by atoms with Crippen LogP contribution in [0.4, 0.5) is 5.69 Å². The summed E-state index contributed by atoms with van der Waals surface area (Å²) in [5.74, 6) is -0.427. The van der Waals surface area contributed by atoms with Crippen LogP contribution in [0.3, 0.4) is 0 Å². The average Bonchev–Trinajstić information content (AvgIpc) is 3.33. The van der Waals surface area contributed by atoms with Crippen molar-refractivity contribution in [1.82, 2.24) is 10.2 Å². The lowest BCUT2D eigenvalue weighted by atomic mass is 9.95. The van der Waals surface area contributed by atoms with Crippen molar-refractivity contribution in [2.24, 2.45) is 10.9 Å². The zero-order valence-corrected chi connectivity index (χ0v) is 16.9. The van der Waals surface area contributed by atoms with E-state index in [2.05, 4.69) is 15.2 Å². The summed E-state index contributed by atoms with van der Waals surface area (Å²) in [6.07, 6.45) is 1.50. The fourth-order valence-corrected chi connectivity index (χ4v) is 3.75. The second-order valence-corrected chi connectivity index (χ2v) is 7.08. The molecule has 1 saturated heterocycles. The van der Waals surface area contributed by atoms with Crippen LogP contribution in [0.2, 0.25) is 0 Å². The van der Waals surface area contributed by atoms with E-state index < -0.39 is 23.8 Å². The molecule has 1 amide bonds. The smallest absolute Gasteiger partial charge is 0.320 e. The Balaban J connectivity index is 1.49. The molecule has 0 spiro atoms. The Morgan fingerprint density at radius 2 is 1.80 bits per heavy atom. The number of anilines is 1. The van der Waals surface area contributed by atoms with Gasteiger partial charge in [0.1, 0.15) is 17.6 Å². The number of aliphatic imine (C=N–C) groups is 1. The summed E-state index contributed by atoms with van der Waals surface area (Å²) >= 11 is 0. The van der Waals surface area contributed by atoms with Crippen LogP contribution in [0.15, 0.2) is 52.1 Å². The molecule has 2 aliphatic rings. The molecule has 0 bridgehead atoms. The lowest BCUT2D eigenvalue weighted by Gasteiger charge is -2.39. The third kappa shape index (κ3) is 3.83. The van der Waals surface area contributed by atoms with Gasteiger partial charge in [-0.1, -0.05) is 0 Å². The summed E-state index contributed by atoms with van der Waals surface area (Å²) in [6, 6.07) is 10.6. The molecule has 4 rings (SSSR count). The summed E-state index contributed by atoms with van der Waals surface area (Å²) in [4.78, 5) is 33.8. The molecule has 9 heteroatoms. The van der Waals surface area contributed by atoms with Crippen LogP contribution in [0.25, 0.3) is 0 Å². The van der Waals surface area contributed by atoms with Crippen molar-refractivity contribution >= 4 is 23.5 Å². The number of methoxy groups -OCH3 is 2. The van der Waals surface area contributed by atoms with E-state index in [1.807, 2.05) is 29.2 Å². The largest absolute Gasteiger partial charge is 0.497 e. The van der Waals surface area contributed by atoms with E-state index in [1.165, 1.54) is 13.4 Å². The van der Waals surface area contributed by atoms with Crippen LogP contribution in [-0.4, -0.2) is 63.1 Å². The summed E-state index contributed by atoms with van der Waals surface area (Å²) in [5, 5.41) is 2.77. The van der Waals surface area contributed by atoms with E-state index in [4.69, 9.17) is 13.9 Å². The molecule has 2 aromatic rings. The number of guanidine groups is 1. The number of ether oxygens (including phenoxy) is 2. The molecule has 3 heterocycles. The van der Waals surface area contributed by atoms with Gasteiger partial charge in [-0.3, -0.25) is 14.9 Å². The van der Waals surface area contributed by atoms with Gasteiger partial charge in [-0.25, -0.2) is 4.99 Å². The standard InChI is InChI=1S/C21H24N4O5/c1-28-15-7-5-14(6-8-15)24-9-11-25(12-10-24)21-22-18(16-4-3-13-30-16)17(19(26)23-21)20(27)29-2/h3-8,13,17-18H,9-12H2,1-2H3,(H,22,23,26). The Bertz CT molecular complexity index is 917. The molecule has 2 atom stereocenters. The third-order valence-electron chi connectivity index (χ3n) is 5.40. The maximum atomic E-state index is 12.7. The number of esters is 1. The number of rotatable bonds is 4. The molecule has 158 valence electrons. The van der Waals surface area contributed by atoms with E-state index in [9.17, 15) is 9.59 Å². The van der Waals surface area contributed by atoms with Gasteiger partial charge in [0.2, 0.25) is 11.9 Å². The van der Waals surface area contributed by atoms with Gasteiger partial charge in [0.25, 0.3) is 0 Å². The van der Waals surface area contributed by atoms with Crippen molar-refractivity contribution < 1.29 is 23.5 Å². The molecule has 1 N–H and O–H groups in total. The number of carbonyl (C=O) groups excluding carboxylic acids is 2. The Morgan fingerprint density at radius 1 is 1.10 bits per heavy atom. The maximum Gasteiger partial charge on any atom is 0.320 e. The first-order valence-electron chi connectivity index (χ1n) is 9.74. The molecule has 0 saturated carbocycles.